The van der Waals surface area contributed by atoms with Crippen molar-refractivity contribution in [1.82, 2.24) is 15.0 Å². The molecule has 0 unspecified atom stereocenters. The zero-order valence-corrected chi connectivity index (χ0v) is 14.2. The summed E-state index contributed by atoms with van der Waals surface area (Å²) in [6.07, 6.45) is 3.18. The number of aromatic nitrogens is 3. The van der Waals surface area contributed by atoms with Crippen molar-refractivity contribution in [3.05, 3.63) is 60.4 Å². The number of nitrogens with zero attached hydrogens (tertiary/aromatic N) is 3. The molecule has 3 heterocycles. The molecule has 0 saturated heterocycles. The van der Waals surface area contributed by atoms with E-state index in [2.05, 4.69) is 20.3 Å². The molecule has 0 aliphatic heterocycles. The van der Waals surface area contributed by atoms with E-state index in [1.54, 1.807) is 36.7 Å². The molecule has 0 aliphatic rings. The SMILES string of the molecule is COc1cc(C(=O)Nc2cc(-c3nc4ncccc4o3)ccn2)ccc1O. The van der Waals surface area contributed by atoms with E-state index in [-0.39, 0.29) is 11.5 Å². The molecule has 3 aromatic heterocycles. The Bertz CT molecular complexity index is 1110. The number of nitrogens with one attached hydrogen (secondary N) is 1. The molecule has 8 heteroatoms. The summed E-state index contributed by atoms with van der Waals surface area (Å²) >= 11 is 0. The monoisotopic (exact) mass is 362 g/mol. The Balaban J connectivity index is 1.60. The van der Waals surface area contributed by atoms with Gasteiger partial charge in [-0.15, -0.1) is 0 Å². The number of rotatable bonds is 4. The van der Waals surface area contributed by atoms with Crippen LogP contribution in [0, 0.1) is 0 Å². The minimum Gasteiger partial charge on any atom is -0.504 e. The Morgan fingerprint density at radius 3 is 2.85 bits per heavy atom. The van der Waals surface area contributed by atoms with Gasteiger partial charge in [-0.2, -0.15) is 4.98 Å². The standard InChI is InChI=1S/C19H14N4O4/c1-26-15-9-11(4-5-13(15)24)18(25)22-16-10-12(6-8-20-16)19-23-17-14(27-19)3-2-7-21-17/h2-10,24H,1H3,(H,20,22,25). The van der Waals surface area contributed by atoms with Gasteiger partial charge in [0, 0.05) is 23.5 Å². The Kier molecular flexibility index (Phi) is 4.13. The minimum absolute atomic E-state index is 0.0428. The normalized spacial score (nSPS) is 10.7. The van der Waals surface area contributed by atoms with Crippen LogP contribution < -0.4 is 10.1 Å². The number of anilines is 1. The molecule has 0 bridgehead atoms. The molecule has 4 aromatic rings. The predicted octanol–water partition coefficient (Wildman–Crippen LogP) is 3.25. The molecule has 8 nitrogen and oxygen atoms in total. The third-order valence-electron chi connectivity index (χ3n) is 3.86. The van der Waals surface area contributed by atoms with Crippen molar-refractivity contribution in [2.75, 3.05) is 12.4 Å². The number of hydrogen-bond acceptors (Lipinski definition) is 7. The smallest absolute Gasteiger partial charge is 0.256 e. The van der Waals surface area contributed by atoms with E-state index < -0.39 is 5.91 Å². The van der Waals surface area contributed by atoms with Crippen molar-refractivity contribution < 1.29 is 19.1 Å². The van der Waals surface area contributed by atoms with Crippen molar-refractivity contribution in [3.8, 4) is 23.0 Å². The first-order valence-electron chi connectivity index (χ1n) is 8.00. The Morgan fingerprint density at radius 2 is 2.04 bits per heavy atom. The summed E-state index contributed by atoms with van der Waals surface area (Å²) < 4.78 is 10.7. The van der Waals surface area contributed by atoms with Gasteiger partial charge in [0.25, 0.3) is 5.91 Å². The molecule has 0 atom stereocenters. The first-order valence-corrected chi connectivity index (χ1v) is 8.00. The lowest BCUT2D eigenvalue weighted by atomic mass is 10.2. The van der Waals surface area contributed by atoms with E-state index in [1.165, 1.54) is 25.3 Å². The summed E-state index contributed by atoms with van der Waals surface area (Å²) in [4.78, 5) is 25.1. The van der Waals surface area contributed by atoms with Crippen molar-refractivity contribution in [1.29, 1.82) is 0 Å². The first-order chi connectivity index (χ1) is 13.1. The number of ether oxygens (including phenoxy) is 1. The maximum Gasteiger partial charge on any atom is 0.256 e. The van der Waals surface area contributed by atoms with Crippen molar-refractivity contribution in [3.63, 3.8) is 0 Å². The number of fused-ring (bicyclic) bond motifs is 1. The van der Waals surface area contributed by atoms with Crippen LogP contribution in [0.2, 0.25) is 0 Å². The van der Waals surface area contributed by atoms with E-state index in [0.29, 0.717) is 34.1 Å². The summed E-state index contributed by atoms with van der Waals surface area (Å²) in [7, 11) is 1.41. The van der Waals surface area contributed by atoms with Crippen molar-refractivity contribution in [2.24, 2.45) is 0 Å². The molecule has 0 radical (unpaired) electrons. The number of carbonyl (C=O) groups excluding carboxylic acids is 1. The lowest BCUT2D eigenvalue weighted by Crippen LogP contribution is -2.13. The lowest BCUT2D eigenvalue weighted by molar-refractivity contribution is 0.102. The highest BCUT2D eigenvalue weighted by Crippen LogP contribution is 2.27. The fourth-order valence-electron chi connectivity index (χ4n) is 2.53. The zero-order chi connectivity index (χ0) is 18.8. The summed E-state index contributed by atoms with van der Waals surface area (Å²) in [6.45, 7) is 0. The average molecular weight is 362 g/mol. The molecule has 1 amide bonds. The number of pyridine rings is 2. The van der Waals surface area contributed by atoms with Crippen LogP contribution in [0.5, 0.6) is 11.5 Å². The van der Waals surface area contributed by atoms with Gasteiger partial charge in [-0.25, -0.2) is 9.97 Å². The number of amides is 1. The molecule has 0 fully saturated rings. The Morgan fingerprint density at radius 1 is 1.15 bits per heavy atom. The van der Waals surface area contributed by atoms with Gasteiger partial charge in [-0.1, -0.05) is 0 Å². The van der Waals surface area contributed by atoms with Crippen LogP contribution in [-0.2, 0) is 0 Å². The van der Waals surface area contributed by atoms with E-state index in [1.807, 2.05) is 0 Å². The fraction of sp³-hybridized carbons (Fsp3) is 0.0526. The van der Waals surface area contributed by atoms with Crippen LogP contribution >= 0.6 is 0 Å². The Hall–Kier alpha value is -3.94. The maximum atomic E-state index is 12.4. The van der Waals surface area contributed by atoms with Crippen LogP contribution in [0.25, 0.3) is 22.7 Å². The molecule has 0 saturated carbocycles. The maximum absolute atomic E-state index is 12.4. The van der Waals surface area contributed by atoms with Gasteiger partial charge in [-0.3, -0.25) is 4.79 Å². The van der Waals surface area contributed by atoms with Gasteiger partial charge in [0.1, 0.15) is 5.82 Å². The highest BCUT2D eigenvalue weighted by Gasteiger charge is 2.13. The zero-order valence-electron chi connectivity index (χ0n) is 14.2. The number of phenolic OH excluding ortho intramolecular Hbond substituents is 1. The molecular formula is C19H14N4O4. The number of aromatic hydroxyl groups is 1. The number of methoxy groups -OCH3 is 1. The molecule has 27 heavy (non-hydrogen) atoms. The predicted molar refractivity (Wildman–Crippen MR) is 97.6 cm³/mol. The summed E-state index contributed by atoms with van der Waals surface area (Å²) in [5.74, 6) is 0.493. The second-order valence-electron chi connectivity index (χ2n) is 5.61. The van der Waals surface area contributed by atoms with Gasteiger partial charge in [0.15, 0.2) is 22.7 Å². The molecular weight excluding hydrogens is 348 g/mol. The fourth-order valence-corrected chi connectivity index (χ4v) is 2.53. The minimum atomic E-state index is -0.391. The van der Waals surface area contributed by atoms with Gasteiger partial charge in [0.05, 0.1) is 7.11 Å². The van der Waals surface area contributed by atoms with Gasteiger partial charge >= 0.3 is 0 Å². The molecule has 0 aliphatic carbocycles. The molecule has 134 valence electrons. The van der Waals surface area contributed by atoms with E-state index >= 15 is 0 Å². The Labute approximate surface area is 153 Å². The second-order valence-corrected chi connectivity index (χ2v) is 5.61. The highest BCUT2D eigenvalue weighted by molar-refractivity contribution is 6.04. The van der Waals surface area contributed by atoms with E-state index in [0.717, 1.165) is 0 Å². The third-order valence-corrected chi connectivity index (χ3v) is 3.86. The van der Waals surface area contributed by atoms with Crippen LogP contribution in [0.15, 0.2) is 59.3 Å². The molecule has 2 N–H and O–H groups in total. The largest absolute Gasteiger partial charge is 0.504 e. The number of carbonyl (C=O) groups is 1. The quantitative estimate of drug-likeness (QED) is 0.573. The second kappa shape index (κ2) is 6.75. The summed E-state index contributed by atoms with van der Waals surface area (Å²) in [6, 6.07) is 11.2. The topological polar surface area (TPSA) is 110 Å². The van der Waals surface area contributed by atoms with Gasteiger partial charge in [0.2, 0.25) is 5.89 Å². The van der Waals surface area contributed by atoms with Gasteiger partial charge in [-0.05, 0) is 42.5 Å². The van der Waals surface area contributed by atoms with Crippen molar-refractivity contribution in [2.45, 2.75) is 0 Å². The van der Waals surface area contributed by atoms with Crippen LogP contribution in [0.4, 0.5) is 5.82 Å². The lowest BCUT2D eigenvalue weighted by Gasteiger charge is -2.08. The van der Waals surface area contributed by atoms with Crippen LogP contribution in [0.1, 0.15) is 10.4 Å². The van der Waals surface area contributed by atoms with E-state index in [9.17, 15) is 9.90 Å². The first kappa shape index (κ1) is 16.5. The number of benzene rings is 1. The van der Waals surface area contributed by atoms with Crippen LogP contribution in [-0.4, -0.2) is 33.1 Å². The third kappa shape index (κ3) is 3.28. The number of hydrogen-bond donors (Lipinski definition) is 2. The molecule has 0 spiro atoms. The summed E-state index contributed by atoms with van der Waals surface area (Å²) in [5, 5.41) is 12.3. The highest BCUT2D eigenvalue weighted by atomic mass is 16.5. The number of oxazole rings is 1. The number of phenols is 1. The van der Waals surface area contributed by atoms with Gasteiger partial charge < -0.3 is 19.6 Å². The summed E-state index contributed by atoms with van der Waals surface area (Å²) in [5.41, 5.74) is 2.06. The molecule has 1 aromatic carbocycles. The average Bonchev–Trinajstić information content (AvgIpc) is 3.13. The van der Waals surface area contributed by atoms with Crippen LogP contribution in [0.3, 0.4) is 0 Å². The van der Waals surface area contributed by atoms with Crippen molar-refractivity contribution >= 4 is 23.0 Å². The molecule has 4 rings (SSSR count). The van der Waals surface area contributed by atoms with E-state index in [4.69, 9.17) is 9.15 Å².